The van der Waals surface area contributed by atoms with Gasteiger partial charge in [-0.25, -0.2) is 5.43 Å². The van der Waals surface area contributed by atoms with Gasteiger partial charge in [-0.3, -0.25) is 9.36 Å². The van der Waals surface area contributed by atoms with E-state index < -0.39 is 0 Å². The maximum atomic E-state index is 12.5. The van der Waals surface area contributed by atoms with Gasteiger partial charge in [0.25, 0.3) is 5.91 Å². The molecule has 4 rings (SSSR count). The van der Waals surface area contributed by atoms with E-state index in [2.05, 4.69) is 56.5 Å². The topological polar surface area (TPSA) is 72.2 Å². The molecule has 0 bridgehead atoms. The molecule has 172 valence electrons. The summed E-state index contributed by atoms with van der Waals surface area (Å²) in [4.78, 5) is 12.5. The van der Waals surface area contributed by atoms with Gasteiger partial charge in [-0.2, -0.15) is 5.10 Å². The Kier molecular flexibility index (Phi) is 7.83. The third kappa shape index (κ3) is 5.84. The smallest absolute Gasteiger partial charge is 0.250 e. The summed E-state index contributed by atoms with van der Waals surface area (Å²) in [6, 6.07) is 16.2. The summed E-state index contributed by atoms with van der Waals surface area (Å²) < 4.78 is 2.24. The Morgan fingerprint density at radius 2 is 1.85 bits per heavy atom. The third-order valence-electron chi connectivity index (χ3n) is 5.86. The van der Waals surface area contributed by atoms with Crippen LogP contribution in [-0.2, 0) is 4.79 Å². The van der Waals surface area contributed by atoms with E-state index >= 15 is 0 Å². The van der Waals surface area contributed by atoms with E-state index in [0.717, 1.165) is 34.9 Å². The summed E-state index contributed by atoms with van der Waals surface area (Å²) in [7, 11) is 0. The van der Waals surface area contributed by atoms with Gasteiger partial charge < -0.3 is 0 Å². The molecule has 8 heteroatoms. The molecule has 0 spiro atoms. The highest BCUT2D eigenvalue weighted by Crippen LogP contribution is 2.35. The standard InChI is InChI=1S/C25H28ClN5OS/c1-17-12-14-19(15-13-17)24-29-30-25(31(24)20-8-4-3-5-9-20)33-16-23(32)28-27-18(2)21-10-6-7-11-22(21)26/h6-7,10-15,20H,3-5,8-9,16H2,1-2H3,(H,28,32)/b27-18+. The average Bonchev–Trinajstić information content (AvgIpc) is 3.26. The molecule has 3 aromatic rings. The van der Waals surface area contributed by atoms with Crippen molar-refractivity contribution in [3.05, 3.63) is 64.7 Å². The van der Waals surface area contributed by atoms with E-state index in [1.165, 1.54) is 36.6 Å². The number of benzene rings is 2. The van der Waals surface area contributed by atoms with Crippen molar-refractivity contribution < 1.29 is 4.79 Å². The van der Waals surface area contributed by atoms with Crippen LogP contribution in [-0.4, -0.2) is 32.1 Å². The van der Waals surface area contributed by atoms with E-state index in [4.69, 9.17) is 11.6 Å². The molecular formula is C25H28ClN5OS. The van der Waals surface area contributed by atoms with Crippen LogP contribution in [0.5, 0.6) is 0 Å². The van der Waals surface area contributed by atoms with Gasteiger partial charge in [0.1, 0.15) is 0 Å². The summed E-state index contributed by atoms with van der Waals surface area (Å²) >= 11 is 7.61. The number of nitrogens with one attached hydrogen (secondary N) is 1. The zero-order valence-corrected chi connectivity index (χ0v) is 20.5. The Morgan fingerprint density at radius 3 is 2.58 bits per heavy atom. The first-order valence-corrected chi connectivity index (χ1v) is 12.6. The number of amides is 1. The molecule has 6 nitrogen and oxygen atoms in total. The van der Waals surface area contributed by atoms with Crippen LogP contribution in [0.1, 0.15) is 56.2 Å². The van der Waals surface area contributed by atoms with Crippen molar-refractivity contribution >= 4 is 35.0 Å². The van der Waals surface area contributed by atoms with Crippen molar-refractivity contribution in [1.82, 2.24) is 20.2 Å². The minimum atomic E-state index is -0.193. The van der Waals surface area contributed by atoms with Gasteiger partial charge in [0.05, 0.1) is 11.5 Å². The summed E-state index contributed by atoms with van der Waals surface area (Å²) in [6.45, 7) is 3.90. The molecule has 0 atom stereocenters. The Balaban J connectivity index is 1.48. The number of thioether (sulfide) groups is 1. The van der Waals surface area contributed by atoms with Crippen LogP contribution in [0.4, 0.5) is 0 Å². The minimum absolute atomic E-state index is 0.193. The zero-order chi connectivity index (χ0) is 23.2. The van der Waals surface area contributed by atoms with Crippen molar-refractivity contribution in [3.8, 4) is 11.4 Å². The largest absolute Gasteiger partial charge is 0.299 e. The van der Waals surface area contributed by atoms with Crippen LogP contribution in [0.15, 0.2) is 58.8 Å². The van der Waals surface area contributed by atoms with Gasteiger partial charge in [0, 0.05) is 22.2 Å². The number of hydrazone groups is 1. The fourth-order valence-corrected chi connectivity index (χ4v) is 5.14. The van der Waals surface area contributed by atoms with Crippen LogP contribution in [0, 0.1) is 6.92 Å². The van der Waals surface area contributed by atoms with Crippen molar-refractivity contribution in [2.45, 2.75) is 57.1 Å². The molecule has 33 heavy (non-hydrogen) atoms. The van der Waals surface area contributed by atoms with Crippen LogP contribution < -0.4 is 5.43 Å². The van der Waals surface area contributed by atoms with Crippen LogP contribution in [0.25, 0.3) is 11.4 Å². The number of aromatic nitrogens is 3. The fourth-order valence-electron chi connectivity index (χ4n) is 4.07. The Hall–Kier alpha value is -2.64. The van der Waals surface area contributed by atoms with E-state index in [1.807, 2.05) is 25.1 Å². The second-order valence-corrected chi connectivity index (χ2v) is 9.68. The number of hydrogen-bond donors (Lipinski definition) is 1. The molecule has 0 aliphatic heterocycles. The van der Waals surface area contributed by atoms with Crippen LogP contribution in [0.3, 0.4) is 0 Å². The van der Waals surface area contributed by atoms with Crippen molar-refractivity contribution in [1.29, 1.82) is 0 Å². The van der Waals surface area contributed by atoms with Crippen molar-refractivity contribution in [2.75, 3.05) is 5.75 Å². The lowest BCUT2D eigenvalue weighted by Gasteiger charge is -2.25. The number of nitrogens with zero attached hydrogens (tertiary/aromatic N) is 4. The molecule has 1 fully saturated rings. The molecule has 1 amide bonds. The van der Waals surface area contributed by atoms with Crippen LogP contribution in [0.2, 0.25) is 5.02 Å². The molecule has 1 N–H and O–H groups in total. The average molecular weight is 482 g/mol. The van der Waals surface area contributed by atoms with Gasteiger partial charge in [0.15, 0.2) is 11.0 Å². The number of carbonyl (C=O) groups is 1. The Bertz CT molecular complexity index is 1140. The summed E-state index contributed by atoms with van der Waals surface area (Å²) in [5.74, 6) is 0.886. The molecule has 1 aliphatic rings. The molecule has 1 aliphatic carbocycles. The SMILES string of the molecule is C/C(=N\NC(=O)CSc1nnc(-c2ccc(C)cc2)n1C1CCCCC1)c1ccccc1Cl. The fraction of sp³-hybridized carbons (Fsp3) is 0.360. The molecule has 0 radical (unpaired) electrons. The molecule has 0 saturated heterocycles. The molecule has 1 aromatic heterocycles. The van der Waals surface area contributed by atoms with E-state index in [1.54, 1.807) is 6.07 Å². The maximum absolute atomic E-state index is 12.5. The lowest BCUT2D eigenvalue weighted by molar-refractivity contribution is -0.118. The number of carbonyl (C=O) groups excluding carboxylic acids is 1. The first-order chi connectivity index (χ1) is 16.0. The van der Waals surface area contributed by atoms with E-state index in [0.29, 0.717) is 16.8 Å². The van der Waals surface area contributed by atoms with Gasteiger partial charge in [0.2, 0.25) is 0 Å². The highest BCUT2D eigenvalue weighted by molar-refractivity contribution is 7.99. The number of aryl methyl sites for hydroxylation is 1. The lowest BCUT2D eigenvalue weighted by atomic mass is 9.95. The zero-order valence-electron chi connectivity index (χ0n) is 18.9. The Labute approximate surface area is 203 Å². The van der Waals surface area contributed by atoms with Gasteiger partial charge in [-0.1, -0.05) is 90.7 Å². The monoisotopic (exact) mass is 481 g/mol. The lowest BCUT2D eigenvalue weighted by Crippen LogP contribution is -2.22. The Morgan fingerprint density at radius 1 is 1.12 bits per heavy atom. The second kappa shape index (κ2) is 11.0. The molecular weight excluding hydrogens is 454 g/mol. The van der Waals surface area contributed by atoms with Crippen molar-refractivity contribution in [3.63, 3.8) is 0 Å². The first kappa shape index (κ1) is 23.5. The summed E-state index contributed by atoms with van der Waals surface area (Å²) in [6.07, 6.45) is 5.90. The van der Waals surface area contributed by atoms with E-state index in [9.17, 15) is 4.79 Å². The normalized spacial score (nSPS) is 14.9. The molecule has 1 heterocycles. The van der Waals surface area contributed by atoms with Gasteiger partial charge in [-0.15, -0.1) is 10.2 Å². The molecule has 2 aromatic carbocycles. The van der Waals surface area contributed by atoms with Crippen molar-refractivity contribution in [2.24, 2.45) is 5.10 Å². The first-order valence-electron chi connectivity index (χ1n) is 11.3. The number of halogens is 1. The van der Waals surface area contributed by atoms with Gasteiger partial charge in [-0.05, 0) is 32.8 Å². The van der Waals surface area contributed by atoms with Crippen LogP contribution >= 0.6 is 23.4 Å². The highest BCUT2D eigenvalue weighted by atomic mass is 35.5. The second-order valence-electron chi connectivity index (χ2n) is 8.33. The maximum Gasteiger partial charge on any atom is 0.250 e. The molecule has 1 saturated carbocycles. The predicted molar refractivity (Wildman–Crippen MR) is 135 cm³/mol. The quantitative estimate of drug-likeness (QED) is 0.253. The predicted octanol–water partition coefficient (Wildman–Crippen LogP) is 6.04. The highest BCUT2D eigenvalue weighted by Gasteiger charge is 2.24. The third-order valence-corrected chi connectivity index (χ3v) is 7.13. The summed E-state index contributed by atoms with van der Waals surface area (Å²) in [5.41, 5.74) is 6.35. The molecule has 0 unspecified atom stereocenters. The van der Waals surface area contributed by atoms with Gasteiger partial charge >= 0.3 is 0 Å². The minimum Gasteiger partial charge on any atom is -0.299 e. The van der Waals surface area contributed by atoms with E-state index in [-0.39, 0.29) is 11.7 Å². The number of hydrogen-bond acceptors (Lipinski definition) is 5. The number of rotatable bonds is 7. The summed E-state index contributed by atoms with van der Waals surface area (Å²) in [5, 5.41) is 14.6.